The van der Waals surface area contributed by atoms with E-state index in [9.17, 15) is 13.2 Å². The molecule has 1 aromatic rings. The Hall–Kier alpha value is -1.86. The molecule has 0 atom stereocenters. The normalized spacial score (nSPS) is 17.6. The number of sulfonamides is 1. The highest BCUT2D eigenvalue weighted by Crippen LogP contribution is 2.20. The summed E-state index contributed by atoms with van der Waals surface area (Å²) in [7, 11) is -3.42. The fraction of sp³-hybridized carbons (Fsp3) is 0.400. The van der Waals surface area contributed by atoms with Crippen LogP contribution in [0.15, 0.2) is 35.7 Å². The first kappa shape index (κ1) is 16.5. The van der Waals surface area contributed by atoms with Crippen LogP contribution in [0.2, 0.25) is 0 Å². The van der Waals surface area contributed by atoms with Crippen molar-refractivity contribution in [1.82, 2.24) is 9.62 Å². The third kappa shape index (κ3) is 4.85. The second kappa shape index (κ2) is 7.42. The topological polar surface area (TPSA) is 86.7 Å². The quantitative estimate of drug-likeness (QED) is 0.867. The summed E-state index contributed by atoms with van der Waals surface area (Å²) in [6.07, 6.45) is 1.88. The molecule has 7 heteroatoms. The molecule has 2 rings (SSSR count). The summed E-state index contributed by atoms with van der Waals surface area (Å²) < 4.78 is 26.0. The lowest BCUT2D eigenvalue weighted by molar-refractivity contribution is 0.188. The van der Waals surface area contributed by atoms with Crippen LogP contribution >= 0.6 is 0 Å². The van der Waals surface area contributed by atoms with Gasteiger partial charge in [0.2, 0.25) is 10.0 Å². The molecule has 1 aromatic carbocycles. The lowest BCUT2D eigenvalue weighted by atomic mass is 9.98. The smallest absolute Gasteiger partial charge is 0.404 e. The van der Waals surface area contributed by atoms with Crippen molar-refractivity contribution in [2.75, 3.05) is 19.6 Å². The lowest BCUT2D eigenvalue weighted by Crippen LogP contribution is -2.40. The van der Waals surface area contributed by atoms with Crippen molar-refractivity contribution in [2.24, 2.45) is 5.92 Å². The van der Waals surface area contributed by atoms with Crippen LogP contribution in [-0.2, 0) is 10.0 Å². The summed E-state index contributed by atoms with van der Waals surface area (Å²) in [5, 5.41) is 12.2. The molecule has 0 aromatic heterocycles. The predicted octanol–water partition coefficient (Wildman–Crippen LogP) is 1.97. The summed E-state index contributed by atoms with van der Waals surface area (Å²) in [5.74, 6) is 0.195. The molecule has 1 amide bonds. The Labute approximate surface area is 130 Å². The van der Waals surface area contributed by atoms with Crippen LogP contribution < -0.4 is 5.32 Å². The lowest BCUT2D eigenvalue weighted by Gasteiger charge is -2.30. The van der Waals surface area contributed by atoms with Crippen molar-refractivity contribution >= 4 is 22.2 Å². The number of rotatable bonds is 5. The fourth-order valence-corrected chi connectivity index (χ4v) is 3.64. The maximum absolute atomic E-state index is 12.3. The van der Waals surface area contributed by atoms with Crippen LogP contribution in [0.1, 0.15) is 18.4 Å². The maximum Gasteiger partial charge on any atom is 0.404 e. The monoisotopic (exact) mass is 324 g/mol. The van der Waals surface area contributed by atoms with Gasteiger partial charge in [-0.25, -0.2) is 13.2 Å². The SMILES string of the molecule is O=C(O)NCC1CCN(S(=O)(=O)C=Cc2ccccc2)CC1. The van der Waals surface area contributed by atoms with Crippen LogP contribution in [0.5, 0.6) is 0 Å². The van der Waals surface area contributed by atoms with Gasteiger partial charge in [0.1, 0.15) is 0 Å². The van der Waals surface area contributed by atoms with E-state index in [-0.39, 0.29) is 5.92 Å². The molecule has 0 saturated carbocycles. The molecule has 1 heterocycles. The Morgan fingerprint density at radius 3 is 2.50 bits per heavy atom. The second-order valence-electron chi connectivity index (χ2n) is 5.29. The molecule has 2 N–H and O–H groups in total. The van der Waals surface area contributed by atoms with Crippen molar-refractivity contribution in [2.45, 2.75) is 12.8 Å². The first-order chi connectivity index (χ1) is 10.5. The Morgan fingerprint density at radius 2 is 1.91 bits per heavy atom. The van der Waals surface area contributed by atoms with Crippen molar-refractivity contribution in [1.29, 1.82) is 0 Å². The molecule has 120 valence electrons. The van der Waals surface area contributed by atoms with E-state index < -0.39 is 16.1 Å². The van der Waals surface area contributed by atoms with Gasteiger partial charge in [0.25, 0.3) is 0 Å². The zero-order valence-corrected chi connectivity index (χ0v) is 13.0. The zero-order valence-electron chi connectivity index (χ0n) is 12.2. The standard InChI is InChI=1S/C15H20N2O4S/c18-15(19)16-12-14-6-9-17(10-7-14)22(20,21)11-8-13-4-2-1-3-5-13/h1-5,8,11,14,16H,6-7,9-10,12H2,(H,18,19). The van der Waals surface area contributed by atoms with Crippen molar-refractivity contribution in [3.63, 3.8) is 0 Å². The van der Waals surface area contributed by atoms with E-state index in [1.165, 1.54) is 9.71 Å². The number of hydrogen-bond donors (Lipinski definition) is 2. The number of nitrogens with zero attached hydrogens (tertiary/aromatic N) is 1. The molecule has 6 nitrogen and oxygen atoms in total. The maximum atomic E-state index is 12.3. The summed E-state index contributed by atoms with van der Waals surface area (Å²) >= 11 is 0. The Morgan fingerprint density at radius 1 is 1.27 bits per heavy atom. The van der Waals surface area contributed by atoms with E-state index in [2.05, 4.69) is 5.32 Å². The highest BCUT2D eigenvalue weighted by molar-refractivity contribution is 7.92. The van der Waals surface area contributed by atoms with Crippen molar-refractivity contribution < 1.29 is 18.3 Å². The van der Waals surface area contributed by atoms with E-state index in [0.717, 1.165) is 5.56 Å². The number of carbonyl (C=O) groups is 1. The van der Waals surface area contributed by atoms with Crippen LogP contribution in [-0.4, -0.2) is 43.6 Å². The minimum atomic E-state index is -3.42. The molecule has 1 fully saturated rings. The molecule has 0 bridgehead atoms. The molecule has 0 aliphatic carbocycles. The zero-order chi connectivity index (χ0) is 16.0. The highest BCUT2D eigenvalue weighted by Gasteiger charge is 2.26. The van der Waals surface area contributed by atoms with Gasteiger partial charge in [-0.15, -0.1) is 0 Å². The van der Waals surface area contributed by atoms with Gasteiger partial charge in [0, 0.05) is 25.0 Å². The summed E-state index contributed by atoms with van der Waals surface area (Å²) in [5.41, 5.74) is 0.839. The van der Waals surface area contributed by atoms with Gasteiger partial charge in [-0.1, -0.05) is 30.3 Å². The molecule has 1 saturated heterocycles. The second-order valence-corrected chi connectivity index (χ2v) is 7.11. The van der Waals surface area contributed by atoms with Gasteiger partial charge in [0.15, 0.2) is 0 Å². The predicted molar refractivity (Wildman–Crippen MR) is 84.7 cm³/mol. The molecular formula is C15H20N2O4S. The molecule has 0 radical (unpaired) electrons. The van der Waals surface area contributed by atoms with Gasteiger partial charge >= 0.3 is 6.09 Å². The minimum Gasteiger partial charge on any atom is -0.465 e. The Kier molecular flexibility index (Phi) is 5.57. The van der Waals surface area contributed by atoms with Gasteiger partial charge < -0.3 is 10.4 Å². The first-order valence-corrected chi connectivity index (χ1v) is 8.68. The number of amides is 1. The van der Waals surface area contributed by atoms with E-state index in [0.29, 0.717) is 32.5 Å². The molecule has 1 aliphatic heterocycles. The van der Waals surface area contributed by atoms with E-state index in [1.807, 2.05) is 30.3 Å². The Bertz CT molecular complexity index is 620. The number of piperidine rings is 1. The van der Waals surface area contributed by atoms with Gasteiger partial charge in [0.05, 0.1) is 0 Å². The first-order valence-electron chi connectivity index (χ1n) is 7.17. The van der Waals surface area contributed by atoms with Gasteiger partial charge in [-0.05, 0) is 30.4 Å². The number of benzene rings is 1. The molecule has 1 aliphatic rings. The van der Waals surface area contributed by atoms with E-state index >= 15 is 0 Å². The largest absolute Gasteiger partial charge is 0.465 e. The number of nitrogens with one attached hydrogen (secondary N) is 1. The van der Waals surface area contributed by atoms with Crippen LogP contribution in [0.4, 0.5) is 4.79 Å². The Balaban J connectivity index is 1.89. The molecule has 22 heavy (non-hydrogen) atoms. The van der Waals surface area contributed by atoms with Gasteiger partial charge in [-0.2, -0.15) is 4.31 Å². The number of carboxylic acid groups (broad SMARTS) is 1. The van der Waals surface area contributed by atoms with Gasteiger partial charge in [-0.3, -0.25) is 0 Å². The average molecular weight is 324 g/mol. The number of hydrogen-bond acceptors (Lipinski definition) is 3. The fourth-order valence-electron chi connectivity index (χ4n) is 2.41. The highest BCUT2D eigenvalue weighted by atomic mass is 32.2. The van der Waals surface area contributed by atoms with Crippen LogP contribution in [0.3, 0.4) is 0 Å². The molecule has 0 spiro atoms. The third-order valence-corrected chi connectivity index (χ3v) is 5.27. The average Bonchev–Trinajstić information content (AvgIpc) is 2.52. The van der Waals surface area contributed by atoms with E-state index in [4.69, 9.17) is 5.11 Å². The summed E-state index contributed by atoms with van der Waals surface area (Å²) in [4.78, 5) is 10.5. The molecular weight excluding hydrogens is 304 g/mol. The van der Waals surface area contributed by atoms with Crippen molar-refractivity contribution in [3.05, 3.63) is 41.3 Å². The summed E-state index contributed by atoms with van der Waals surface area (Å²) in [6.45, 7) is 1.23. The summed E-state index contributed by atoms with van der Waals surface area (Å²) in [6, 6.07) is 9.27. The van der Waals surface area contributed by atoms with Crippen LogP contribution in [0.25, 0.3) is 6.08 Å². The molecule has 0 unspecified atom stereocenters. The van der Waals surface area contributed by atoms with Crippen LogP contribution in [0, 0.1) is 5.92 Å². The van der Waals surface area contributed by atoms with E-state index in [1.54, 1.807) is 6.08 Å². The third-order valence-electron chi connectivity index (χ3n) is 3.71. The van der Waals surface area contributed by atoms with Crippen molar-refractivity contribution in [3.8, 4) is 0 Å². The minimum absolute atomic E-state index is 0.195.